The molecule has 0 unspecified atom stereocenters. The average molecular weight is 587 g/mol. The quantitative estimate of drug-likeness (QED) is 0.287. The molecule has 2 heterocycles. The molecule has 216 valence electrons. The van der Waals surface area contributed by atoms with E-state index in [1.165, 1.54) is 10.8 Å². The summed E-state index contributed by atoms with van der Waals surface area (Å²) in [5, 5.41) is 2.07. The lowest BCUT2D eigenvalue weighted by Crippen LogP contribution is -2.67. The highest BCUT2D eigenvalue weighted by molar-refractivity contribution is 7.85. The second-order valence-corrected chi connectivity index (χ2v) is 17.3. The Kier molecular flexibility index (Phi) is 9.01. The second kappa shape index (κ2) is 12.0. The molecule has 1 aliphatic heterocycles. The molecule has 4 rings (SSSR count). The molecule has 2 aromatic carbocycles. The van der Waals surface area contributed by atoms with Gasteiger partial charge in [0, 0.05) is 30.7 Å². The molecule has 0 bridgehead atoms. The Hall–Kier alpha value is -2.83. The molecule has 0 spiro atoms. The van der Waals surface area contributed by atoms with E-state index in [9.17, 15) is 18.0 Å². The van der Waals surface area contributed by atoms with E-state index in [0.29, 0.717) is 25.0 Å². The van der Waals surface area contributed by atoms with E-state index in [-0.39, 0.29) is 17.6 Å². The third-order valence-corrected chi connectivity index (χ3v) is 13.0. The van der Waals surface area contributed by atoms with Crippen LogP contribution in [0, 0.1) is 12.8 Å². The molecule has 0 saturated carbocycles. The Labute approximate surface area is 236 Å². The third kappa shape index (κ3) is 6.55. The fraction of sp³-hybridized carbons (Fsp3) is 0.448. The van der Waals surface area contributed by atoms with E-state index < -0.39 is 42.0 Å². The first-order valence-electron chi connectivity index (χ1n) is 13.4. The fourth-order valence-electron chi connectivity index (χ4n) is 5.55. The first-order chi connectivity index (χ1) is 18.8. The SMILES string of the molecule is Cc1cn([C@H]2C[C@H](CO[Si](c3ccccc3)(c3ccccc3)C(C)(C)C)[C@@H](CCOS(C)(=O)=O)O2)c(=O)[nH]c1=O. The molecule has 0 amide bonds. The van der Waals surface area contributed by atoms with Gasteiger partial charge < -0.3 is 9.16 Å². The van der Waals surface area contributed by atoms with Crippen LogP contribution in [0.4, 0.5) is 0 Å². The minimum Gasteiger partial charge on any atom is -0.407 e. The van der Waals surface area contributed by atoms with Crippen LogP contribution in [0.3, 0.4) is 0 Å². The van der Waals surface area contributed by atoms with Crippen molar-refractivity contribution in [3.05, 3.63) is 93.3 Å². The van der Waals surface area contributed by atoms with E-state index in [1.54, 1.807) is 6.92 Å². The van der Waals surface area contributed by atoms with Crippen LogP contribution in [0.2, 0.25) is 5.04 Å². The zero-order valence-corrected chi connectivity index (χ0v) is 25.4. The maximum Gasteiger partial charge on any atom is 0.330 e. The summed E-state index contributed by atoms with van der Waals surface area (Å²) in [5.74, 6) is -0.158. The normalized spacial score (nSPS) is 20.1. The van der Waals surface area contributed by atoms with Gasteiger partial charge in [-0.15, -0.1) is 0 Å². The lowest BCUT2D eigenvalue weighted by atomic mass is 10.00. The molecular weight excluding hydrogens is 548 g/mol. The number of rotatable bonds is 10. The molecule has 40 heavy (non-hydrogen) atoms. The summed E-state index contributed by atoms with van der Waals surface area (Å²) in [7, 11) is -6.45. The maximum absolute atomic E-state index is 12.7. The van der Waals surface area contributed by atoms with Gasteiger partial charge >= 0.3 is 5.69 Å². The number of nitrogens with zero attached hydrogens (tertiary/aromatic N) is 1. The number of aryl methyl sites for hydroxylation is 1. The van der Waals surface area contributed by atoms with Crippen LogP contribution in [-0.2, 0) is 23.5 Å². The summed E-state index contributed by atoms with van der Waals surface area (Å²) in [4.78, 5) is 26.9. The number of hydrogen-bond acceptors (Lipinski definition) is 7. The number of ether oxygens (including phenoxy) is 1. The van der Waals surface area contributed by atoms with E-state index >= 15 is 0 Å². The molecule has 1 aliphatic rings. The van der Waals surface area contributed by atoms with Crippen LogP contribution >= 0.6 is 0 Å². The smallest absolute Gasteiger partial charge is 0.330 e. The summed E-state index contributed by atoms with van der Waals surface area (Å²) in [6.07, 6.45) is 2.20. The topological polar surface area (TPSA) is 117 Å². The lowest BCUT2D eigenvalue weighted by Gasteiger charge is -2.43. The molecule has 1 fully saturated rings. The molecule has 11 heteroatoms. The number of aromatic nitrogens is 2. The van der Waals surface area contributed by atoms with Gasteiger partial charge in [0.2, 0.25) is 0 Å². The fourth-order valence-corrected chi connectivity index (χ4v) is 10.6. The third-order valence-electron chi connectivity index (χ3n) is 7.45. The van der Waals surface area contributed by atoms with Gasteiger partial charge in [0.15, 0.2) is 0 Å². The van der Waals surface area contributed by atoms with Crippen molar-refractivity contribution in [3.8, 4) is 0 Å². The van der Waals surface area contributed by atoms with Crippen molar-refractivity contribution in [1.82, 2.24) is 9.55 Å². The van der Waals surface area contributed by atoms with Crippen molar-refractivity contribution >= 4 is 28.8 Å². The van der Waals surface area contributed by atoms with Gasteiger partial charge in [-0.3, -0.25) is 18.5 Å². The largest absolute Gasteiger partial charge is 0.407 e. The van der Waals surface area contributed by atoms with Crippen molar-refractivity contribution in [1.29, 1.82) is 0 Å². The van der Waals surface area contributed by atoms with Crippen molar-refractivity contribution in [3.63, 3.8) is 0 Å². The van der Waals surface area contributed by atoms with Gasteiger partial charge in [-0.2, -0.15) is 8.42 Å². The predicted molar refractivity (Wildman–Crippen MR) is 157 cm³/mol. The van der Waals surface area contributed by atoms with Crippen molar-refractivity contribution in [2.75, 3.05) is 19.5 Å². The van der Waals surface area contributed by atoms with Crippen molar-refractivity contribution < 1.29 is 21.8 Å². The summed E-state index contributed by atoms with van der Waals surface area (Å²) in [5.41, 5.74) is -0.601. The molecule has 1 saturated heterocycles. The number of nitrogens with one attached hydrogen (secondary N) is 1. The van der Waals surface area contributed by atoms with E-state index in [1.807, 2.05) is 36.4 Å². The van der Waals surface area contributed by atoms with Gasteiger partial charge in [-0.1, -0.05) is 81.4 Å². The zero-order chi connectivity index (χ0) is 29.1. The molecule has 1 aromatic heterocycles. The van der Waals surface area contributed by atoms with Crippen LogP contribution in [0.25, 0.3) is 0 Å². The van der Waals surface area contributed by atoms with Gasteiger partial charge in [0.05, 0.1) is 19.0 Å². The minimum atomic E-state index is -3.62. The van der Waals surface area contributed by atoms with Gasteiger partial charge in [-0.25, -0.2) is 4.79 Å². The van der Waals surface area contributed by atoms with Crippen LogP contribution in [0.1, 0.15) is 45.4 Å². The van der Waals surface area contributed by atoms with E-state index in [4.69, 9.17) is 13.3 Å². The number of hydrogen-bond donors (Lipinski definition) is 1. The van der Waals surface area contributed by atoms with Gasteiger partial charge in [0.1, 0.15) is 6.23 Å². The number of H-pyrrole nitrogens is 1. The highest BCUT2D eigenvalue weighted by Gasteiger charge is 2.51. The Bertz CT molecular complexity index is 1480. The summed E-state index contributed by atoms with van der Waals surface area (Å²) >= 11 is 0. The monoisotopic (exact) mass is 586 g/mol. The van der Waals surface area contributed by atoms with Gasteiger partial charge in [0.25, 0.3) is 24.0 Å². The molecule has 3 atom stereocenters. The summed E-state index contributed by atoms with van der Waals surface area (Å²) in [6.45, 7) is 8.52. The van der Waals surface area contributed by atoms with Crippen LogP contribution < -0.4 is 21.6 Å². The Balaban J connectivity index is 1.69. The van der Waals surface area contributed by atoms with Crippen LogP contribution in [0.15, 0.2) is 76.4 Å². The van der Waals surface area contributed by atoms with E-state index in [0.717, 1.165) is 16.6 Å². The summed E-state index contributed by atoms with van der Waals surface area (Å²) < 4.78 is 43.1. The highest BCUT2D eigenvalue weighted by Crippen LogP contribution is 2.40. The van der Waals surface area contributed by atoms with Crippen LogP contribution in [-0.4, -0.2) is 51.9 Å². The predicted octanol–water partition coefficient (Wildman–Crippen LogP) is 2.69. The van der Waals surface area contributed by atoms with Crippen molar-refractivity contribution in [2.45, 2.75) is 57.9 Å². The van der Waals surface area contributed by atoms with Crippen LogP contribution in [0.5, 0.6) is 0 Å². The number of aromatic amines is 1. The first kappa shape index (κ1) is 30.1. The second-order valence-electron chi connectivity index (χ2n) is 11.4. The minimum absolute atomic E-state index is 0.0501. The summed E-state index contributed by atoms with van der Waals surface area (Å²) in [6, 6.07) is 20.6. The Morgan fingerprint density at radius 2 is 1.60 bits per heavy atom. The lowest BCUT2D eigenvalue weighted by molar-refractivity contribution is -0.0191. The maximum atomic E-state index is 12.7. The molecule has 3 aromatic rings. The number of benzene rings is 2. The molecular formula is C29H38N2O7SSi. The Morgan fingerprint density at radius 1 is 1.02 bits per heavy atom. The van der Waals surface area contributed by atoms with E-state index in [2.05, 4.69) is 50.0 Å². The molecule has 0 aliphatic carbocycles. The molecule has 0 radical (unpaired) electrons. The van der Waals surface area contributed by atoms with Gasteiger partial charge in [-0.05, 0) is 28.8 Å². The standard InChI is InChI=1S/C29H38N2O7SSi/c1-21-19-31(28(33)30-27(21)32)26-18-22(25(38-26)16-17-36-39(5,34)35)20-37-40(29(2,3)4,23-12-8-6-9-13-23)24-14-10-7-11-15-24/h6-15,19,22,25-26H,16-18,20H2,1-5H3,(H,30,32,33)/t22-,25-,26-/m1/s1. The average Bonchev–Trinajstić information content (AvgIpc) is 3.29. The Morgan fingerprint density at radius 3 is 2.12 bits per heavy atom. The molecule has 1 N–H and O–H groups in total. The highest BCUT2D eigenvalue weighted by atomic mass is 32.2. The molecule has 9 nitrogen and oxygen atoms in total. The first-order valence-corrected chi connectivity index (χ1v) is 17.1. The zero-order valence-electron chi connectivity index (χ0n) is 23.6. The van der Waals surface area contributed by atoms with Crippen molar-refractivity contribution in [2.24, 2.45) is 5.92 Å².